The lowest BCUT2D eigenvalue weighted by Crippen LogP contribution is -2.20. The number of H-pyrrole nitrogens is 1. The maximum absolute atomic E-state index is 15.1. The SMILES string of the molecule is CCCS(=O)(=O)Nc1ccc(I)c(C(=O)Nc2cnc3[nH]nc(O[C@@H]4CCOC4)c3c2)c1F. The highest BCUT2D eigenvalue weighted by molar-refractivity contribution is 14.1. The molecule has 3 heterocycles. The lowest BCUT2D eigenvalue weighted by Gasteiger charge is -2.13. The Morgan fingerprint density at radius 1 is 1.42 bits per heavy atom. The van der Waals surface area contributed by atoms with Gasteiger partial charge >= 0.3 is 0 Å². The van der Waals surface area contributed by atoms with E-state index in [1.165, 1.54) is 18.3 Å². The first-order valence-electron chi connectivity index (χ1n) is 10.2. The van der Waals surface area contributed by atoms with Gasteiger partial charge in [-0.2, -0.15) is 0 Å². The van der Waals surface area contributed by atoms with E-state index in [0.717, 1.165) is 6.42 Å². The van der Waals surface area contributed by atoms with E-state index in [9.17, 15) is 13.2 Å². The van der Waals surface area contributed by atoms with Crippen LogP contribution in [0, 0.1) is 9.39 Å². The maximum atomic E-state index is 15.1. The number of aromatic amines is 1. The molecule has 33 heavy (non-hydrogen) atoms. The number of pyridine rings is 1. The Hall–Kier alpha value is -2.52. The molecule has 0 spiro atoms. The van der Waals surface area contributed by atoms with Gasteiger partial charge in [0.15, 0.2) is 11.5 Å². The molecule has 1 atom stereocenters. The number of halogens is 2. The van der Waals surface area contributed by atoms with E-state index in [-0.39, 0.29) is 23.1 Å². The summed E-state index contributed by atoms with van der Waals surface area (Å²) in [6, 6.07) is 4.37. The molecule has 13 heteroatoms. The predicted octanol–water partition coefficient (Wildman–Crippen LogP) is 3.27. The molecule has 0 radical (unpaired) electrons. The number of sulfonamides is 1. The van der Waals surface area contributed by atoms with Crippen LogP contribution in [0.15, 0.2) is 24.4 Å². The summed E-state index contributed by atoms with van der Waals surface area (Å²) in [7, 11) is -3.72. The second-order valence-electron chi connectivity index (χ2n) is 7.41. The van der Waals surface area contributed by atoms with Crippen LogP contribution in [0.3, 0.4) is 0 Å². The zero-order valence-corrected chi connectivity index (χ0v) is 20.5. The molecule has 1 aromatic carbocycles. The number of carbonyl (C=O) groups is 1. The van der Waals surface area contributed by atoms with Gasteiger partial charge < -0.3 is 14.8 Å². The Kier molecular flexibility index (Phi) is 6.99. The van der Waals surface area contributed by atoms with Crippen molar-refractivity contribution in [3.05, 3.63) is 39.3 Å². The molecule has 3 N–H and O–H groups in total. The van der Waals surface area contributed by atoms with E-state index in [1.54, 1.807) is 13.0 Å². The van der Waals surface area contributed by atoms with Crippen LogP contribution < -0.4 is 14.8 Å². The topological polar surface area (TPSA) is 135 Å². The summed E-state index contributed by atoms with van der Waals surface area (Å²) in [4.78, 5) is 17.1. The standard InChI is InChI=1S/C20H21FIN5O5S/c1-2-7-33(29,30)27-15-4-3-14(22)16(17(15)21)19(28)24-11-8-13-18(23-9-11)25-26-20(13)32-12-5-6-31-10-12/h3-4,8-9,12,27H,2,5-7,10H2,1H3,(H,24,28)(H,23,25,26)/t12-/m1/s1. The summed E-state index contributed by atoms with van der Waals surface area (Å²) in [6.45, 7) is 2.78. The van der Waals surface area contributed by atoms with Crippen LogP contribution in [-0.2, 0) is 14.8 Å². The van der Waals surface area contributed by atoms with E-state index in [0.29, 0.717) is 45.8 Å². The van der Waals surface area contributed by atoms with Crippen LogP contribution in [0.25, 0.3) is 11.0 Å². The fourth-order valence-corrected chi connectivity index (χ4v) is 5.12. The third-order valence-corrected chi connectivity index (χ3v) is 7.24. The molecular formula is C20H21FIN5O5S. The molecule has 0 unspecified atom stereocenters. The van der Waals surface area contributed by atoms with Crippen molar-refractivity contribution in [1.29, 1.82) is 0 Å². The molecule has 10 nitrogen and oxygen atoms in total. The minimum Gasteiger partial charge on any atom is -0.470 e. The van der Waals surface area contributed by atoms with Crippen molar-refractivity contribution in [1.82, 2.24) is 15.2 Å². The average molecular weight is 589 g/mol. The molecule has 0 aliphatic carbocycles. The van der Waals surface area contributed by atoms with Crippen LogP contribution in [0.2, 0.25) is 0 Å². The normalized spacial score (nSPS) is 16.2. The number of rotatable bonds is 8. The lowest BCUT2D eigenvalue weighted by atomic mass is 10.1. The second-order valence-corrected chi connectivity index (χ2v) is 10.4. The van der Waals surface area contributed by atoms with Crippen molar-refractivity contribution in [3.8, 4) is 5.88 Å². The van der Waals surface area contributed by atoms with Crippen molar-refractivity contribution in [2.45, 2.75) is 25.9 Å². The van der Waals surface area contributed by atoms with Crippen molar-refractivity contribution < 1.29 is 27.1 Å². The van der Waals surface area contributed by atoms with Crippen molar-refractivity contribution in [2.75, 3.05) is 29.0 Å². The Labute approximate surface area is 202 Å². The number of ether oxygens (including phenoxy) is 2. The summed E-state index contributed by atoms with van der Waals surface area (Å²) in [5, 5.41) is 10.1. The first-order valence-corrected chi connectivity index (χ1v) is 12.9. The van der Waals surface area contributed by atoms with Crippen molar-refractivity contribution in [3.63, 3.8) is 0 Å². The second kappa shape index (κ2) is 9.77. The monoisotopic (exact) mass is 589 g/mol. The Morgan fingerprint density at radius 2 is 2.24 bits per heavy atom. The molecule has 0 bridgehead atoms. The number of aromatic nitrogens is 3. The van der Waals surface area contributed by atoms with Gasteiger partial charge in [-0.3, -0.25) is 14.6 Å². The third kappa shape index (κ3) is 5.35. The maximum Gasteiger partial charge on any atom is 0.259 e. The minimum atomic E-state index is -3.72. The van der Waals surface area contributed by atoms with Crippen LogP contribution >= 0.6 is 22.6 Å². The van der Waals surface area contributed by atoms with Gasteiger partial charge in [-0.15, -0.1) is 5.10 Å². The van der Waals surface area contributed by atoms with Gasteiger partial charge in [0.1, 0.15) is 6.10 Å². The molecule has 176 valence electrons. The number of amides is 1. The fourth-order valence-electron chi connectivity index (χ4n) is 3.32. The molecule has 1 aliphatic rings. The lowest BCUT2D eigenvalue weighted by molar-refractivity contribution is 0.102. The van der Waals surface area contributed by atoms with Crippen molar-refractivity contribution >= 4 is 60.9 Å². The predicted molar refractivity (Wildman–Crippen MR) is 129 cm³/mol. The molecule has 1 saturated heterocycles. The van der Waals surface area contributed by atoms with Crippen LogP contribution in [0.5, 0.6) is 5.88 Å². The van der Waals surface area contributed by atoms with E-state index in [1.807, 2.05) is 22.6 Å². The summed E-state index contributed by atoms with van der Waals surface area (Å²) in [5.74, 6) is -1.53. The largest absolute Gasteiger partial charge is 0.470 e. The molecule has 4 rings (SSSR count). The fraction of sp³-hybridized carbons (Fsp3) is 0.350. The van der Waals surface area contributed by atoms with Gasteiger partial charge in [0, 0.05) is 9.99 Å². The van der Waals surface area contributed by atoms with Crippen LogP contribution in [0.4, 0.5) is 15.8 Å². The molecule has 0 saturated carbocycles. The molecule has 1 aliphatic heterocycles. The Bertz CT molecular complexity index is 1290. The van der Waals surface area contributed by atoms with E-state index in [2.05, 4.69) is 25.2 Å². The molecule has 1 amide bonds. The molecular weight excluding hydrogens is 568 g/mol. The van der Waals surface area contributed by atoms with E-state index >= 15 is 4.39 Å². The number of carbonyl (C=O) groups excluding carboxylic acids is 1. The number of anilines is 2. The minimum absolute atomic E-state index is 0.121. The van der Waals surface area contributed by atoms with Crippen LogP contribution in [0.1, 0.15) is 30.1 Å². The van der Waals surface area contributed by atoms with Gasteiger partial charge in [0.2, 0.25) is 15.9 Å². The number of benzene rings is 1. The summed E-state index contributed by atoms with van der Waals surface area (Å²) in [5.41, 5.74) is 0.203. The number of fused-ring (bicyclic) bond motifs is 1. The molecule has 3 aromatic rings. The average Bonchev–Trinajstić information content (AvgIpc) is 3.41. The Morgan fingerprint density at radius 3 is 2.97 bits per heavy atom. The highest BCUT2D eigenvalue weighted by Gasteiger charge is 2.23. The zero-order chi connectivity index (χ0) is 23.6. The van der Waals surface area contributed by atoms with E-state index in [4.69, 9.17) is 9.47 Å². The third-order valence-electron chi connectivity index (χ3n) is 4.86. The number of nitrogens with one attached hydrogen (secondary N) is 3. The highest BCUT2D eigenvalue weighted by atomic mass is 127. The zero-order valence-electron chi connectivity index (χ0n) is 17.5. The van der Waals surface area contributed by atoms with Gasteiger partial charge in [-0.25, -0.2) is 17.8 Å². The van der Waals surface area contributed by atoms with Gasteiger partial charge in [0.25, 0.3) is 5.91 Å². The Balaban J connectivity index is 1.58. The number of hydrogen-bond acceptors (Lipinski definition) is 7. The smallest absolute Gasteiger partial charge is 0.259 e. The summed E-state index contributed by atoms with van der Waals surface area (Å²) < 4.78 is 52.9. The van der Waals surface area contributed by atoms with E-state index < -0.39 is 21.7 Å². The van der Waals surface area contributed by atoms with Crippen molar-refractivity contribution in [2.24, 2.45) is 0 Å². The van der Waals surface area contributed by atoms with Gasteiger partial charge in [0.05, 0.1) is 47.5 Å². The molecule has 2 aromatic heterocycles. The summed E-state index contributed by atoms with van der Waals surface area (Å²) >= 11 is 1.82. The number of nitrogens with zero attached hydrogens (tertiary/aromatic N) is 2. The summed E-state index contributed by atoms with van der Waals surface area (Å²) in [6.07, 6.45) is 2.40. The highest BCUT2D eigenvalue weighted by Crippen LogP contribution is 2.28. The van der Waals surface area contributed by atoms with Gasteiger partial charge in [-0.05, 0) is 47.2 Å². The van der Waals surface area contributed by atoms with Gasteiger partial charge in [-0.1, -0.05) is 6.92 Å². The molecule has 1 fully saturated rings. The first-order chi connectivity index (χ1) is 15.8. The number of hydrogen-bond donors (Lipinski definition) is 3. The quantitative estimate of drug-likeness (QED) is 0.344. The van der Waals surface area contributed by atoms with Crippen LogP contribution in [-0.4, -0.2) is 54.6 Å². The first kappa shape index (κ1) is 23.6.